The van der Waals surface area contributed by atoms with E-state index in [0.29, 0.717) is 49.3 Å². The number of aliphatic imine (C=N–C) groups is 1. The number of nitrogens with one attached hydrogen (secondary N) is 1. The molecule has 3 aliphatic rings. The van der Waals surface area contributed by atoms with Gasteiger partial charge in [-0.15, -0.1) is 0 Å². The monoisotopic (exact) mass is 478 g/mol. The van der Waals surface area contributed by atoms with Crippen molar-refractivity contribution in [2.24, 2.45) is 4.99 Å². The van der Waals surface area contributed by atoms with Crippen molar-refractivity contribution in [3.63, 3.8) is 0 Å². The largest absolute Gasteiger partial charge is 0.423 e. The van der Waals surface area contributed by atoms with Crippen LogP contribution in [0.4, 0.5) is 11.6 Å². The van der Waals surface area contributed by atoms with Crippen LogP contribution in [-0.4, -0.2) is 59.3 Å². The first-order valence-electron chi connectivity index (χ1n) is 11.4. The van der Waals surface area contributed by atoms with E-state index in [-0.39, 0.29) is 11.9 Å². The lowest BCUT2D eigenvalue weighted by molar-refractivity contribution is -0.129. The molecule has 1 aromatic heterocycles. The van der Waals surface area contributed by atoms with Crippen molar-refractivity contribution < 1.29 is 9.53 Å². The molecular weight excluding hydrogens is 452 g/mol. The molecule has 1 saturated heterocycles. The molecular formula is C25H27ClN6O2. The van der Waals surface area contributed by atoms with Gasteiger partial charge in [0.15, 0.2) is 0 Å². The second-order valence-corrected chi connectivity index (χ2v) is 9.30. The van der Waals surface area contributed by atoms with Crippen LogP contribution in [0, 0.1) is 0 Å². The first kappa shape index (κ1) is 22.4. The highest BCUT2D eigenvalue weighted by atomic mass is 35.5. The zero-order chi connectivity index (χ0) is 23.8. The maximum atomic E-state index is 11.7. The number of halogens is 1. The summed E-state index contributed by atoms with van der Waals surface area (Å²) in [4.78, 5) is 29.4. The first-order chi connectivity index (χ1) is 16.4. The maximum Gasteiger partial charge on any atom is 0.325 e. The third-order valence-electron chi connectivity index (χ3n) is 6.18. The van der Waals surface area contributed by atoms with E-state index in [1.807, 2.05) is 36.1 Å². The van der Waals surface area contributed by atoms with Crippen LogP contribution in [0.5, 0.6) is 11.8 Å². The van der Waals surface area contributed by atoms with Gasteiger partial charge in [0.2, 0.25) is 5.91 Å². The number of rotatable bonds is 4. The van der Waals surface area contributed by atoms with Crippen LogP contribution in [0.3, 0.4) is 0 Å². The fourth-order valence-corrected chi connectivity index (χ4v) is 4.65. The normalized spacial score (nSPS) is 17.2. The van der Waals surface area contributed by atoms with Gasteiger partial charge in [0.05, 0.1) is 11.6 Å². The molecule has 34 heavy (non-hydrogen) atoms. The molecule has 2 aromatic rings. The molecule has 3 heterocycles. The van der Waals surface area contributed by atoms with Gasteiger partial charge in [-0.1, -0.05) is 29.3 Å². The van der Waals surface area contributed by atoms with Gasteiger partial charge in [0.25, 0.3) is 0 Å². The Kier molecular flexibility index (Phi) is 6.00. The number of allylic oxidation sites excluding steroid dienone is 1. The summed E-state index contributed by atoms with van der Waals surface area (Å²) in [6.07, 6.45) is 4.99. The Labute approximate surface area is 204 Å². The van der Waals surface area contributed by atoms with Crippen molar-refractivity contribution >= 4 is 41.1 Å². The highest BCUT2D eigenvalue weighted by molar-refractivity contribution is 6.33. The van der Waals surface area contributed by atoms with Crippen molar-refractivity contribution in [2.75, 3.05) is 42.9 Å². The van der Waals surface area contributed by atoms with E-state index in [9.17, 15) is 4.79 Å². The average molecular weight is 479 g/mol. The summed E-state index contributed by atoms with van der Waals surface area (Å²) in [5.41, 5.74) is 4.63. The van der Waals surface area contributed by atoms with Gasteiger partial charge in [0.1, 0.15) is 23.2 Å². The number of aromatic nitrogens is 2. The highest BCUT2D eigenvalue weighted by Gasteiger charge is 2.23. The SMILES string of the molecule is CC(=O)N1CCN(c2cc(NC3=NCC(C)=C3)nc(Oc3ccc4c(c3Cl)C=C(C)C4)n2)CC1. The highest BCUT2D eigenvalue weighted by Crippen LogP contribution is 2.38. The smallest absolute Gasteiger partial charge is 0.325 e. The van der Waals surface area contributed by atoms with Crippen LogP contribution in [0.15, 0.2) is 40.4 Å². The Hall–Kier alpha value is -3.39. The van der Waals surface area contributed by atoms with Crippen LogP contribution in [0.1, 0.15) is 31.9 Å². The molecule has 8 nitrogen and oxygen atoms in total. The van der Waals surface area contributed by atoms with Gasteiger partial charge in [-0.2, -0.15) is 9.97 Å². The number of anilines is 2. The summed E-state index contributed by atoms with van der Waals surface area (Å²) in [5.74, 6) is 2.68. The molecule has 0 spiro atoms. The standard InChI is InChI=1S/C25H27ClN6O2/c1-15-10-18-4-5-20(24(26)19(18)11-15)34-25-29-22(28-21-12-16(2)14-27-21)13-23(30-25)32-8-6-31(7-9-32)17(3)33/h4-5,11-13H,6-10,14H2,1-3H3,(H,27,28,29,30). The number of ether oxygens (including phenoxy) is 1. The van der Waals surface area contributed by atoms with E-state index in [4.69, 9.17) is 16.3 Å². The van der Waals surface area contributed by atoms with Crippen LogP contribution in [0.25, 0.3) is 6.08 Å². The molecule has 5 rings (SSSR count). The number of hydrogen-bond donors (Lipinski definition) is 1. The Morgan fingerprint density at radius 1 is 1.09 bits per heavy atom. The molecule has 1 N–H and O–H groups in total. The summed E-state index contributed by atoms with van der Waals surface area (Å²) >= 11 is 6.68. The lowest BCUT2D eigenvalue weighted by Gasteiger charge is -2.35. The third-order valence-corrected chi connectivity index (χ3v) is 6.56. The Morgan fingerprint density at radius 2 is 1.88 bits per heavy atom. The molecule has 176 valence electrons. The number of carbonyl (C=O) groups excluding carboxylic acids is 1. The summed E-state index contributed by atoms with van der Waals surface area (Å²) in [6.45, 7) is 9.06. The summed E-state index contributed by atoms with van der Waals surface area (Å²) < 4.78 is 6.12. The number of fused-ring (bicyclic) bond motifs is 1. The Morgan fingerprint density at radius 3 is 2.59 bits per heavy atom. The van der Waals surface area contributed by atoms with Crippen LogP contribution in [-0.2, 0) is 11.2 Å². The predicted molar refractivity (Wildman–Crippen MR) is 135 cm³/mol. The fourth-order valence-electron chi connectivity index (χ4n) is 4.37. The number of amidine groups is 1. The maximum absolute atomic E-state index is 11.7. The van der Waals surface area contributed by atoms with Crippen molar-refractivity contribution in [1.82, 2.24) is 14.9 Å². The molecule has 0 radical (unpaired) electrons. The number of nitrogens with zero attached hydrogens (tertiary/aromatic N) is 5. The minimum atomic E-state index is 0.0886. The number of benzene rings is 1. The van der Waals surface area contributed by atoms with Gasteiger partial charge >= 0.3 is 6.01 Å². The number of carbonyl (C=O) groups is 1. The Balaban J connectivity index is 1.44. The lowest BCUT2D eigenvalue weighted by atomic mass is 10.1. The number of amides is 1. The molecule has 0 bridgehead atoms. The molecule has 2 aliphatic heterocycles. The third kappa shape index (κ3) is 4.63. The Bertz CT molecular complexity index is 1240. The van der Waals surface area contributed by atoms with Crippen LogP contribution < -0.4 is 15.0 Å². The van der Waals surface area contributed by atoms with E-state index in [0.717, 1.165) is 23.6 Å². The van der Waals surface area contributed by atoms with Crippen LogP contribution >= 0.6 is 11.6 Å². The molecule has 9 heteroatoms. The van der Waals surface area contributed by atoms with Gasteiger partial charge in [-0.25, -0.2) is 0 Å². The average Bonchev–Trinajstić information content (AvgIpc) is 3.40. The van der Waals surface area contributed by atoms with Crippen molar-refractivity contribution in [1.29, 1.82) is 0 Å². The molecule has 0 saturated carbocycles. The molecule has 0 unspecified atom stereocenters. The first-order valence-corrected chi connectivity index (χ1v) is 11.8. The topological polar surface area (TPSA) is 83.0 Å². The van der Waals surface area contributed by atoms with Crippen LogP contribution in [0.2, 0.25) is 5.02 Å². The van der Waals surface area contributed by atoms with Gasteiger partial charge < -0.3 is 19.9 Å². The van der Waals surface area contributed by atoms with E-state index in [2.05, 4.69) is 38.2 Å². The predicted octanol–water partition coefficient (Wildman–Crippen LogP) is 4.32. The van der Waals surface area contributed by atoms with E-state index < -0.39 is 0 Å². The second-order valence-electron chi connectivity index (χ2n) is 8.92. The summed E-state index contributed by atoms with van der Waals surface area (Å²) in [6, 6.07) is 5.99. The van der Waals surface area contributed by atoms with Gasteiger partial charge in [-0.3, -0.25) is 9.79 Å². The van der Waals surface area contributed by atoms with E-state index in [1.165, 1.54) is 16.7 Å². The zero-order valence-corrected chi connectivity index (χ0v) is 20.3. The quantitative estimate of drug-likeness (QED) is 0.704. The van der Waals surface area contributed by atoms with Crippen molar-refractivity contribution in [3.8, 4) is 11.8 Å². The van der Waals surface area contributed by atoms with Gasteiger partial charge in [0, 0.05) is 44.7 Å². The van der Waals surface area contributed by atoms with E-state index >= 15 is 0 Å². The van der Waals surface area contributed by atoms with E-state index in [1.54, 1.807) is 6.92 Å². The molecule has 0 atom stereocenters. The van der Waals surface area contributed by atoms with Crippen molar-refractivity contribution in [3.05, 3.63) is 51.6 Å². The fraction of sp³-hybridized carbons (Fsp3) is 0.360. The second kappa shape index (κ2) is 9.10. The molecule has 1 amide bonds. The minimum absolute atomic E-state index is 0.0886. The zero-order valence-electron chi connectivity index (χ0n) is 19.6. The number of piperazine rings is 1. The molecule has 1 fully saturated rings. The summed E-state index contributed by atoms with van der Waals surface area (Å²) in [5, 5.41) is 3.84. The summed E-state index contributed by atoms with van der Waals surface area (Å²) in [7, 11) is 0. The number of hydrogen-bond acceptors (Lipinski definition) is 7. The molecule has 1 aromatic carbocycles. The lowest BCUT2D eigenvalue weighted by Crippen LogP contribution is -2.48. The van der Waals surface area contributed by atoms with Crippen molar-refractivity contribution in [2.45, 2.75) is 27.2 Å². The molecule has 1 aliphatic carbocycles. The minimum Gasteiger partial charge on any atom is -0.423 e. The van der Waals surface area contributed by atoms with Gasteiger partial charge in [-0.05, 0) is 43.5 Å².